The van der Waals surface area contributed by atoms with Crippen LogP contribution in [0.2, 0.25) is 0 Å². The standard InChI is InChI=1S/C22H24N2O2/c1-16-8-6-7-11-18(16)20(25)24-13-12-22(15-24)19(14-23(2)21(22)26)17-9-4-3-5-10-17/h3-11,19H,12-15H2,1-2H3/t19-,22+/m0/s1. The molecule has 0 unspecified atom stereocenters. The van der Waals surface area contributed by atoms with Crippen molar-refractivity contribution >= 4 is 11.8 Å². The van der Waals surface area contributed by atoms with E-state index in [-0.39, 0.29) is 17.7 Å². The van der Waals surface area contributed by atoms with Crippen molar-refractivity contribution in [2.45, 2.75) is 19.3 Å². The summed E-state index contributed by atoms with van der Waals surface area (Å²) in [7, 11) is 1.87. The average Bonchev–Trinajstić information content (AvgIpc) is 3.21. The van der Waals surface area contributed by atoms with Crippen LogP contribution < -0.4 is 0 Å². The lowest BCUT2D eigenvalue weighted by Crippen LogP contribution is -2.39. The number of aryl methyl sites for hydroxylation is 1. The monoisotopic (exact) mass is 348 g/mol. The number of likely N-dealkylation sites (tertiary alicyclic amines) is 2. The molecule has 2 saturated heterocycles. The number of benzene rings is 2. The van der Waals surface area contributed by atoms with Crippen LogP contribution in [0.25, 0.3) is 0 Å². The van der Waals surface area contributed by atoms with Gasteiger partial charge in [0.2, 0.25) is 5.91 Å². The molecule has 0 radical (unpaired) electrons. The molecule has 2 aliphatic heterocycles. The molecule has 2 fully saturated rings. The first-order chi connectivity index (χ1) is 12.5. The van der Waals surface area contributed by atoms with E-state index < -0.39 is 5.41 Å². The third-order valence-electron chi connectivity index (χ3n) is 6.06. The van der Waals surface area contributed by atoms with Gasteiger partial charge in [0.1, 0.15) is 0 Å². The number of rotatable bonds is 2. The summed E-state index contributed by atoms with van der Waals surface area (Å²) >= 11 is 0. The Morgan fingerprint density at radius 1 is 1.08 bits per heavy atom. The van der Waals surface area contributed by atoms with Crippen LogP contribution in [-0.2, 0) is 4.79 Å². The predicted octanol–water partition coefficient (Wildman–Crippen LogP) is 3.08. The molecule has 0 N–H and O–H groups in total. The number of amides is 2. The zero-order valence-corrected chi connectivity index (χ0v) is 15.3. The van der Waals surface area contributed by atoms with Crippen molar-refractivity contribution in [3.8, 4) is 0 Å². The molecule has 2 heterocycles. The third-order valence-corrected chi connectivity index (χ3v) is 6.06. The summed E-state index contributed by atoms with van der Waals surface area (Å²) in [4.78, 5) is 29.8. The van der Waals surface area contributed by atoms with Gasteiger partial charge in [-0.25, -0.2) is 0 Å². The molecule has 1 spiro atoms. The maximum Gasteiger partial charge on any atom is 0.254 e. The SMILES string of the molecule is Cc1ccccc1C(=O)N1CC[C@]2(C1)C(=O)N(C)C[C@H]2c1ccccc1. The molecule has 0 bridgehead atoms. The molecule has 4 heteroatoms. The van der Waals surface area contributed by atoms with Crippen LogP contribution >= 0.6 is 0 Å². The summed E-state index contributed by atoms with van der Waals surface area (Å²) in [5.74, 6) is 0.344. The predicted molar refractivity (Wildman–Crippen MR) is 101 cm³/mol. The summed E-state index contributed by atoms with van der Waals surface area (Å²) in [5.41, 5.74) is 2.41. The quantitative estimate of drug-likeness (QED) is 0.837. The number of likely N-dealkylation sites (N-methyl/N-ethyl adjacent to an activating group) is 1. The fourth-order valence-electron chi connectivity index (χ4n) is 4.62. The summed E-state index contributed by atoms with van der Waals surface area (Å²) in [6.07, 6.45) is 0.730. The van der Waals surface area contributed by atoms with Crippen molar-refractivity contribution in [3.05, 3.63) is 71.3 Å². The fraction of sp³-hybridized carbons (Fsp3) is 0.364. The normalized spacial score (nSPS) is 25.3. The number of hydrogen-bond acceptors (Lipinski definition) is 2. The van der Waals surface area contributed by atoms with Crippen molar-refractivity contribution in [1.82, 2.24) is 9.80 Å². The lowest BCUT2D eigenvalue weighted by Gasteiger charge is -2.28. The Kier molecular flexibility index (Phi) is 4.06. The highest BCUT2D eigenvalue weighted by Crippen LogP contribution is 2.49. The van der Waals surface area contributed by atoms with Gasteiger partial charge in [-0.15, -0.1) is 0 Å². The van der Waals surface area contributed by atoms with E-state index in [1.807, 2.05) is 66.2 Å². The van der Waals surface area contributed by atoms with Crippen LogP contribution in [-0.4, -0.2) is 48.3 Å². The lowest BCUT2D eigenvalue weighted by atomic mass is 9.73. The number of hydrogen-bond donors (Lipinski definition) is 0. The van der Waals surface area contributed by atoms with E-state index in [1.54, 1.807) is 0 Å². The van der Waals surface area contributed by atoms with Gasteiger partial charge < -0.3 is 9.80 Å². The maximum atomic E-state index is 13.1. The molecule has 26 heavy (non-hydrogen) atoms. The van der Waals surface area contributed by atoms with Crippen molar-refractivity contribution in [2.24, 2.45) is 5.41 Å². The Morgan fingerprint density at radius 3 is 2.50 bits per heavy atom. The van der Waals surface area contributed by atoms with E-state index in [0.717, 1.165) is 24.1 Å². The zero-order chi connectivity index (χ0) is 18.3. The summed E-state index contributed by atoms with van der Waals surface area (Å²) in [5, 5.41) is 0. The minimum absolute atomic E-state index is 0.0362. The molecule has 2 aliphatic rings. The smallest absolute Gasteiger partial charge is 0.254 e. The van der Waals surface area contributed by atoms with Gasteiger partial charge in [0.05, 0.1) is 5.41 Å². The van der Waals surface area contributed by atoms with Crippen LogP contribution in [0, 0.1) is 12.3 Å². The van der Waals surface area contributed by atoms with Gasteiger partial charge in [0, 0.05) is 38.2 Å². The Labute approximate surface area is 154 Å². The highest BCUT2D eigenvalue weighted by atomic mass is 16.2. The molecule has 134 valence electrons. The van der Waals surface area contributed by atoms with Gasteiger partial charge in [0.15, 0.2) is 0 Å². The molecule has 0 aromatic heterocycles. The van der Waals surface area contributed by atoms with Gasteiger partial charge >= 0.3 is 0 Å². The average molecular weight is 348 g/mol. The molecular formula is C22H24N2O2. The van der Waals surface area contributed by atoms with Gasteiger partial charge in [-0.1, -0.05) is 48.5 Å². The first-order valence-corrected chi connectivity index (χ1v) is 9.18. The molecule has 0 saturated carbocycles. The molecular weight excluding hydrogens is 324 g/mol. The van der Waals surface area contributed by atoms with Gasteiger partial charge in [-0.05, 0) is 30.5 Å². The molecule has 0 aliphatic carbocycles. The number of carbonyl (C=O) groups is 2. The number of nitrogens with zero attached hydrogens (tertiary/aromatic N) is 2. The van der Waals surface area contributed by atoms with Gasteiger partial charge in [0.25, 0.3) is 5.91 Å². The highest BCUT2D eigenvalue weighted by Gasteiger charge is 2.57. The minimum Gasteiger partial charge on any atom is -0.345 e. The minimum atomic E-state index is -0.492. The molecule has 2 aromatic carbocycles. The summed E-state index contributed by atoms with van der Waals surface area (Å²) in [6.45, 7) is 3.81. The van der Waals surface area contributed by atoms with Gasteiger partial charge in [-0.2, -0.15) is 0 Å². The van der Waals surface area contributed by atoms with E-state index in [2.05, 4.69) is 12.1 Å². The Hall–Kier alpha value is -2.62. The Bertz CT molecular complexity index is 848. The first kappa shape index (κ1) is 16.8. The third kappa shape index (κ3) is 2.52. The fourth-order valence-corrected chi connectivity index (χ4v) is 4.62. The Balaban J connectivity index is 1.65. The molecule has 4 rings (SSSR count). The molecule has 2 aromatic rings. The van der Waals surface area contributed by atoms with Crippen LogP contribution in [0.4, 0.5) is 0 Å². The second-order valence-corrected chi connectivity index (χ2v) is 7.60. The van der Waals surface area contributed by atoms with E-state index in [9.17, 15) is 9.59 Å². The first-order valence-electron chi connectivity index (χ1n) is 9.18. The maximum absolute atomic E-state index is 13.1. The largest absolute Gasteiger partial charge is 0.345 e. The number of carbonyl (C=O) groups excluding carboxylic acids is 2. The molecule has 4 nitrogen and oxygen atoms in total. The van der Waals surface area contributed by atoms with Crippen LogP contribution in [0.1, 0.15) is 33.8 Å². The summed E-state index contributed by atoms with van der Waals surface area (Å²) in [6, 6.07) is 17.9. The van der Waals surface area contributed by atoms with E-state index in [4.69, 9.17) is 0 Å². The van der Waals surface area contributed by atoms with E-state index in [0.29, 0.717) is 13.1 Å². The van der Waals surface area contributed by atoms with Crippen molar-refractivity contribution in [3.63, 3.8) is 0 Å². The van der Waals surface area contributed by atoms with E-state index >= 15 is 0 Å². The van der Waals surface area contributed by atoms with Crippen molar-refractivity contribution in [1.29, 1.82) is 0 Å². The van der Waals surface area contributed by atoms with Crippen LogP contribution in [0.3, 0.4) is 0 Å². The summed E-state index contributed by atoms with van der Waals surface area (Å²) < 4.78 is 0. The van der Waals surface area contributed by atoms with Crippen molar-refractivity contribution in [2.75, 3.05) is 26.7 Å². The highest BCUT2D eigenvalue weighted by molar-refractivity contribution is 5.97. The Morgan fingerprint density at radius 2 is 1.77 bits per heavy atom. The molecule has 2 amide bonds. The molecule has 2 atom stereocenters. The zero-order valence-electron chi connectivity index (χ0n) is 15.3. The lowest BCUT2D eigenvalue weighted by molar-refractivity contribution is -0.134. The van der Waals surface area contributed by atoms with Gasteiger partial charge in [-0.3, -0.25) is 9.59 Å². The van der Waals surface area contributed by atoms with E-state index in [1.165, 1.54) is 5.56 Å². The van der Waals surface area contributed by atoms with Crippen LogP contribution in [0.15, 0.2) is 54.6 Å². The second-order valence-electron chi connectivity index (χ2n) is 7.60. The van der Waals surface area contributed by atoms with Crippen molar-refractivity contribution < 1.29 is 9.59 Å². The van der Waals surface area contributed by atoms with Crippen LogP contribution in [0.5, 0.6) is 0 Å². The topological polar surface area (TPSA) is 40.6 Å². The second kappa shape index (κ2) is 6.27.